The molecule has 0 saturated carbocycles. The van der Waals surface area contributed by atoms with E-state index in [0.29, 0.717) is 10.2 Å². The van der Waals surface area contributed by atoms with E-state index in [1.54, 1.807) is 12.3 Å². The number of aromatic amines is 1. The molecule has 0 aliphatic heterocycles. The quantitative estimate of drug-likeness (QED) is 0.564. The Labute approximate surface area is 116 Å². The highest BCUT2D eigenvalue weighted by molar-refractivity contribution is 7.16. The van der Waals surface area contributed by atoms with E-state index >= 15 is 0 Å². The number of nitrogens with zero attached hydrogens (tertiary/aromatic N) is 1. The summed E-state index contributed by atoms with van der Waals surface area (Å²) in [6.07, 6.45) is 2.60. The van der Waals surface area contributed by atoms with Crippen LogP contribution in [0.1, 0.15) is 5.56 Å². The Morgan fingerprint density at radius 2 is 2.11 bits per heavy atom. The molecule has 0 spiro atoms. The molecule has 0 aliphatic rings. The van der Waals surface area contributed by atoms with E-state index in [4.69, 9.17) is 23.1 Å². The second kappa shape index (κ2) is 4.94. The summed E-state index contributed by atoms with van der Waals surface area (Å²) in [7, 11) is 0. The van der Waals surface area contributed by atoms with E-state index in [2.05, 4.69) is 4.98 Å². The monoisotopic (exact) mass is 298 g/mol. The summed E-state index contributed by atoms with van der Waals surface area (Å²) < 4.78 is 0.846. The Bertz CT molecular complexity index is 808. The third-order valence-corrected chi connectivity index (χ3v) is 3.63. The average Bonchev–Trinajstić information content (AvgIpc) is 2.68. The van der Waals surface area contributed by atoms with Crippen LogP contribution in [0.5, 0.6) is 0 Å². The molecule has 0 radical (unpaired) electrons. The first kappa shape index (κ1) is 13.4. The third-order valence-electron chi connectivity index (χ3n) is 2.49. The Morgan fingerprint density at radius 1 is 1.42 bits per heavy atom. The molecule has 0 atom stereocenters. The van der Waals surface area contributed by atoms with E-state index in [9.17, 15) is 9.59 Å². The molecule has 0 saturated heterocycles. The molecule has 0 fully saturated rings. The lowest BCUT2D eigenvalue weighted by atomic mass is 10.3. The number of aryl methyl sites for hydroxylation is 1. The maximum Gasteiger partial charge on any atom is 0.335 e. The van der Waals surface area contributed by atoms with Crippen LogP contribution in [-0.2, 0) is 0 Å². The Kier molecular flexibility index (Phi) is 3.50. The first-order valence-electron chi connectivity index (χ1n) is 5.23. The van der Waals surface area contributed by atoms with Gasteiger partial charge in [-0.2, -0.15) is 0 Å². The number of thiophene rings is 1. The van der Waals surface area contributed by atoms with Gasteiger partial charge in [0.2, 0.25) is 0 Å². The van der Waals surface area contributed by atoms with Crippen LogP contribution in [0, 0.1) is 6.92 Å². The van der Waals surface area contributed by atoms with Gasteiger partial charge in [0.15, 0.2) is 0 Å². The van der Waals surface area contributed by atoms with Gasteiger partial charge < -0.3 is 11.5 Å². The van der Waals surface area contributed by atoms with Gasteiger partial charge >= 0.3 is 5.69 Å². The van der Waals surface area contributed by atoms with Crippen molar-refractivity contribution in [1.29, 1.82) is 0 Å². The number of fused-ring (bicyclic) bond motifs is 1. The molecule has 100 valence electrons. The lowest BCUT2D eigenvalue weighted by Gasteiger charge is -2.04. The predicted molar refractivity (Wildman–Crippen MR) is 78.0 cm³/mol. The maximum absolute atomic E-state index is 12.3. The molecule has 0 aromatic carbocycles. The number of halogens is 1. The molecule has 2 rings (SSSR count). The molecular formula is C11H11ClN4O2S. The van der Waals surface area contributed by atoms with Gasteiger partial charge in [-0.3, -0.25) is 9.78 Å². The van der Waals surface area contributed by atoms with Crippen LogP contribution < -0.4 is 22.7 Å². The number of H-pyrrole nitrogens is 1. The summed E-state index contributed by atoms with van der Waals surface area (Å²) in [5, 5.41) is 2.24. The van der Waals surface area contributed by atoms with Gasteiger partial charge in [-0.15, -0.1) is 11.3 Å². The number of hydrogen-bond donors (Lipinski definition) is 3. The largest absolute Gasteiger partial charge is 0.389 e. The van der Waals surface area contributed by atoms with Gasteiger partial charge in [-0.25, -0.2) is 9.36 Å². The van der Waals surface area contributed by atoms with Crippen molar-refractivity contribution in [2.45, 2.75) is 6.92 Å². The second-order valence-corrected chi connectivity index (χ2v) is 5.15. The molecule has 2 aromatic heterocycles. The molecule has 0 unspecified atom stereocenters. The van der Waals surface area contributed by atoms with Crippen LogP contribution >= 0.6 is 22.9 Å². The van der Waals surface area contributed by atoms with E-state index in [0.717, 1.165) is 10.1 Å². The second-order valence-electron chi connectivity index (χ2n) is 3.84. The Morgan fingerprint density at radius 3 is 2.74 bits per heavy atom. The average molecular weight is 299 g/mol. The molecule has 19 heavy (non-hydrogen) atoms. The van der Waals surface area contributed by atoms with Crippen molar-refractivity contribution in [2.75, 3.05) is 0 Å². The fourth-order valence-corrected chi connectivity index (χ4v) is 2.62. The standard InChI is InChI=1S/C11H11ClN4O2S/c1-5-4-19-9-8(5)10(17)16(11(18)15-9)7(14)3-2-6(12)13/h2-4H,13-14H2,1H3,(H,15,18)/b6-2-,7-3+. The van der Waals surface area contributed by atoms with Crippen molar-refractivity contribution in [3.63, 3.8) is 0 Å². The summed E-state index contributed by atoms with van der Waals surface area (Å²) in [6.45, 7) is 1.79. The SMILES string of the molecule is Cc1csc2[nH]c(=O)n(/C(N)=C/C=C(\N)Cl)c(=O)c12. The lowest BCUT2D eigenvalue weighted by Crippen LogP contribution is -2.36. The number of hydrogen-bond acceptors (Lipinski definition) is 5. The Hall–Kier alpha value is -1.99. The highest BCUT2D eigenvalue weighted by Crippen LogP contribution is 2.18. The fourth-order valence-electron chi connectivity index (χ4n) is 1.63. The fraction of sp³-hybridized carbons (Fsp3) is 0.0909. The molecule has 8 heteroatoms. The number of allylic oxidation sites excluding steroid dienone is 2. The van der Waals surface area contributed by atoms with Crippen molar-refractivity contribution in [1.82, 2.24) is 9.55 Å². The normalized spacial score (nSPS) is 13.2. The van der Waals surface area contributed by atoms with E-state index in [1.165, 1.54) is 23.5 Å². The number of aromatic nitrogens is 2. The molecule has 0 aliphatic carbocycles. The number of nitrogens with two attached hydrogens (primary N) is 2. The smallest absolute Gasteiger partial charge is 0.335 e. The predicted octanol–water partition coefficient (Wildman–Crippen LogP) is 0.856. The summed E-state index contributed by atoms with van der Waals surface area (Å²) in [4.78, 5) is 27.3. The van der Waals surface area contributed by atoms with Gasteiger partial charge in [-0.1, -0.05) is 11.6 Å². The minimum atomic E-state index is -0.602. The first-order chi connectivity index (χ1) is 8.91. The zero-order chi connectivity index (χ0) is 14.2. The zero-order valence-electron chi connectivity index (χ0n) is 9.94. The third kappa shape index (κ3) is 2.42. The van der Waals surface area contributed by atoms with Crippen LogP contribution in [0.2, 0.25) is 0 Å². The van der Waals surface area contributed by atoms with Crippen LogP contribution in [0.3, 0.4) is 0 Å². The first-order valence-corrected chi connectivity index (χ1v) is 6.49. The van der Waals surface area contributed by atoms with E-state index < -0.39 is 11.2 Å². The van der Waals surface area contributed by atoms with Gasteiger partial charge in [-0.05, 0) is 30.0 Å². The number of rotatable bonds is 2. The highest BCUT2D eigenvalue weighted by Gasteiger charge is 2.12. The molecule has 0 bridgehead atoms. The zero-order valence-corrected chi connectivity index (χ0v) is 11.5. The van der Waals surface area contributed by atoms with Crippen LogP contribution in [0.4, 0.5) is 0 Å². The summed E-state index contributed by atoms with van der Waals surface area (Å²) >= 11 is 6.76. The summed E-state index contributed by atoms with van der Waals surface area (Å²) in [6, 6.07) is 0. The van der Waals surface area contributed by atoms with Crippen molar-refractivity contribution in [2.24, 2.45) is 11.5 Å². The minimum Gasteiger partial charge on any atom is -0.389 e. The van der Waals surface area contributed by atoms with Crippen LogP contribution in [0.25, 0.3) is 16.0 Å². The van der Waals surface area contributed by atoms with Gasteiger partial charge in [0.05, 0.1) is 10.5 Å². The molecule has 6 nitrogen and oxygen atoms in total. The lowest BCUT2D eigenvalue weighted by molar-refractivity contribution is 0.909. The Balaban J connectivity index is 2.78. The van der Waals surface area contributed by atoms with Crippen LogP contribution in [0.15, 0.2) is 32.3 Å². The van der Waals surface area contributed by atoms with Crippen molar-refractivity contribution < 1.29 is 0 Å². The number of nitrogens with one attached hydrogen (secondary N) is 1. The summed E-state index contributed by atoms with van der Waals surface area (Å²) in [5.41, 5.74) is 10.7. The van der Waals surface area contributed by atoms with E-state index in [1.807, 2.05) is 0 Å². The van der Waals surface area contributed by atoms with Crippen molar-refractivity contribution in [3.8, 4) is 0 Å². The molecule has 0 amide bonds. The highest BCUT2D eigenvalue weighted by atomic mass is 35.5. The van der Waals surface area contributed by atoms with Crippen LogP contribution in [-0.4, -0.2) is 9.55 Å². The molecule has 2 heterocycles. The minimum absolute atomic E-state index is 0.000203. The summed E-state index contributed by atoms with van der Waals surface area (Å²) in [5.74, 6) is -0.0534. The van der Waals surface area contributed by atoms with Gasteiger partial charge in [0, 0.05) is 0 Å². The van der Waals surface area contributed by atoms with Crippen molar-refractivity contribution in [3.05, 3.63) is 49.1 Å². The maximum atomic E-state index is 12.3. The van der Waals surface area contributed by atoms with Gasteiger partial charge in [0.1, 0.15) is 10.7 Å². The molecule has 5 N–H and O–H groups in total. The van der Waals surface area contributed by atoms with Gasteiger partial charge in [0.25, 0.3) is 5.56 Å². The van der Waals surface area contributed by atoms with E-state index in [-0.39, 0.29) is 11.0 Å². The molecule has 2 aromatic rings. The molecular weight excluding hydrogens is 288 g/mol. The topological polar surface area (TPSA) is 107 Å². The van der Waals surface area contributed by atoms with Crippen molar-refractivity contribution >= 4 is 39.0 Å².